The van der Waals surface area contributed by atoms with E-state index >= 15 is 0 Å². The second-order valence-corrected chi connectivity index (χ2v) is 2.74. The standard InChI is InChI=1S/C9H8O2/c1-5-7-3-4-8(11-7)6(2)9(5)10/h3-4H,1-2H3. The molecule has 56 valence electrons. The number of hydrogen-bond donors (Lipinski definition) is 0. The molecular weight excluding hydrogens is 140 g/mol. The third-order valence-corrected chi connectivity index (χ3v) is 2.03. The van der Waals surface area contributed by atoms with Crippen LogP contribution in [0.15, 0.2) is 21.3 Å². The molecule has 0 saturated heterocycles. The van der Waals surface area contributed by atoms with E-state index in [0.29, 0.717) is 22.3 Å². The summed E-state index contributed by atoms with van der Waals surface area (Å²) in [6.45, 7) is 3.57. The molecule has 2 heteroatoms. The van der Waals surface area contributed by atoms with Crippen LogP contribution in [0.4, 0.5) is 0 Å². The summed E-state index contributed by atoms with van der Waals surface area (Å²) in [5.74, 6) is 0. The number of hydrogen-bond acceptors (Lipinski definition) is 2. The molecule has 2 heterocycles. The van der Waals surface area contributed by atoms with Crippen molar-refractivity contribution in [2.75, 3.05) is 0 Å². The van der Waals surface area contributed by atoms with Crippen molar-refractivity contribution in [2.24, 2.45) is 0 Å². The summed E-state index contributed by atoms with van der Waals surface area (Å²) in [6.07, 6.45) is 0. The Kier molecular flexibility index (Phi) is 1.07. The topological polar surface area (TPSA) is 30.2 Å². The van der Waals surface area contributed by atoms with Gasteiger partial charge in [-0.15, -0.1) is 0 Å². The zero-order valence-corrected chi connectivity index (χ0v) is 6.47. The van der Waals surface area contributed by atoms with E-state index < -0.39 is 0 Å². The third-order valence-electron chi connectivity index (χ3n) is 2.03. The van der Waals surface area contributed by atoms with Gasteiger partial charge >= 0.3 is 0 Å². The SMILES string of the molecule is Cc1c(=O)c(C)c2ccc1o2. The molecule has 0 aliphatic rings. The first kappa shape index (κ1) is 6.40. The molecule has 0 atom stereocenters. The van der Waals surface area contributed by atoms with Gasteiger partial charge in [0.1, 0.15) is 11.2 Å². The highest BCUT2D eigenvalue weighted by molar-refractivity contribution is 5.64. The minimum absolute atomic E-state index is 0.103. The molecule has 0 aliphatic carbocycles. The molecule has 0 amide bonds. The van der Waals surface area contributed by atoms with Crippen molar-refractivity contribution in [3.63, 3.8) is 0 Å². The molecule has 0 N–H and O–H groups in total. The van der Waals surface area contributed by atoms with Crippen molar-refractivity contribution >= 4 is 11.2 Å². The third kappa shape index (κ3) is 0.693. The lowest BCUT2D eigenvalue weighted by molar-refractivity contribution is 0.653. The number of aryl methyl sites for hydroxylation is 2. The Bertz CT molecular complexity index is 402. The van der Waals surface area contributed by atoms with Crippen LogP contribution in [0, 0.1) is 13.8 Å². The predicted octanol–water partition coefficient (Wildman–Crippen LogP) is 1.85. The Labute approximate surface area is 63.8 Å². The summed E-state index contributed by atoms with van der Waals surface area (Å²) in [6, 6.07) is 3.66. The Morgan fingerprint density at radius 1 is 1.09 bits per heavy atom. The number of furan rings is 1. The van der Waals surface area contributed by atoms with E-state index in [1.54, 1.807) is 13.8 Å². The van der Waals surface area contributed by atoms with Crippen molar-refractivity contribution < 1.29 is 4.42 Å². The smallest absolute Gasteiger partial charge is 0.191 e. The summed E-state index contributed by atoms with van der Waals surface area (Å²) in [5, 5.41) is 0. The zero-order chi connectivity index (χ0) is 8.01. The zero-order valence-electron chi connectivity index (χ0n) is 6.47. The molecule has 0 unspecified atom stereocenters. The van der Waals surface area contributed by atoms with E-state index in [9.17, 15) is 4.79 Å². The van der Waals surface area contributed by atoms with Crippen LogP contribution in [0.2, 0.25) is 0 Å². The number of rotatable bonds is 0. The van der Waals surface area contributed by atoms with Crippen LogP contribution in [0.25, 0.3) is 11.2 Å². The minimum Gasteiger partial charge on any atom is -0.457 e. The normalized spacial score (nSPS) is 11.1. The summed E-state index contributed by atoms with van der Waals surface area (Å²) < 4.78 is 5.32. The lowest BCUT2D eigenvalue weighted by Gasteiger charge is -1.94. The van der Waals surface area contributed by atoms with Gasteiger partial charge in [-0.25, -0.2) is 0 Å². The average molecular weight is 148 g/mol. The van der Waals surface area contributed by atoms with Gasteiger partial charge in [-0.2, -0.15) is 0 Å². The summed E-state index contributed by atoms with van der Waals surface area (Å²) in [4.78, 5) is 11.4. The molecule has 11 heavy (non-hydrogen) atoms. The Morgan fingerprint density at radius 3 is 2.00 bits per heavy atom. The second kappa shape index (κ2) is 1.84. The lowest BCUT2D eigenvalue weighted by atomic mass is 10.2. The van der Waals surface area contributed by atoms with E-state index in [-0.39, 0.29) is 5.43 Å². The van der Waals surface area contributed by atoms with Gasteiger partial charge in [0.25, 0.3) is 0 Å². The molecule has 2 aromatic heterocycles. The highest BCUT2D eigenvalue weighted by Gasteiger charge is 2.08. The van der Waals surface area contributed by atoms with Gasteiger partial charge in [0.15, 0.2) is 5.43 Å². The molecule has 2 aromatic rings. The quantitative estimate of drug-likeness (QED) is 0.570. The average Bonchev–Trinajstić information content (AvgIpc) is 2.44. The molecule has 0 radical (unpaired) electrons. The Morgan fingerprint density at radius 2 is 1.55 bits per heavy atom. The van der Waals surface area contributed by atoms with Crippen LogP contribution in [0.5, 0.6) is 0 Å². The monoisotopic (exact) mass is 148 g/mol. The maximum absolute atomic E-state index is 11.4. The maximum atomic E-state index is 11.4. The van der Waals surface area contributed by atoms with Crippen molar-refractivity contribution in [1.29, 1.82) is 0 Å². The molecular formula is C9H8O2. The van der Waals surface area contributed by atoms with E-state index in [1.807, 2.05) is 12.1 Å². The van der Waals surface area contributed by atoms with Crippen LogP contribution in [-0.2, 0) is 0 Å². The van der Waals surface area contributed by atoms with Crippen LogP contribution < -0.4 is 5.43 Å². The van der Waals surface area contributed by atoms with Gasteiger partial charge in [-0.05, 0) is 26.0 Å². The molecule has 0 aromatic carbocycles. The van der Waals surface area contributed by atoms with Gasteiger partial charge in [-0.3, -0.25) is 4.79 Å². The van der Waals surface area contributed by atoms with Gasteiger partial charge in [0.05, 0.1) is 0 Å². The Hall–Kier alpha value is -1.31. The van der Waals surface area contributed by atoms with Crippen molar-refractivity contribution in [3.8, 4) is 0 Å². The number of fused-ring (bicyclic) bond motifs is 2. The van der Waals surface area contributed by atoms with Crippen LogP contribution in [-0.4, -0.2) is 0 Å². The maximum Gasteiger partial charge on any atom is 0.191 e. The van der Waals surface area contributed by atoms with Crippen LogP contribution in [0.1, 0.15) is 11.1 Å². The van der Waals surface area contributed by atoms with E-state index in [4.69, 9.17) is 4.42 Å². The second-order valence-electron chi connectivity index (χ2n) is 2.74. The molecule has 0 aliphatic heterocycles. The highest BCUT2D eigenvalue weighted by atomic mass is 16.3. The first-order chi connectivity index (χ1) is 5.20. The van der Waals surface area contributed by atoms with Crippen LogP contribution in [0.3, 0.4) is 0 Å². The van der Waals surface area contributed by atoms with Gasteiger partial charge in [0.2, 0.25) is 0 Å². The first-order valence-electron chi connectivity index (χ1n) is 3.52. The Balaban J connectivity index is 3.11. The lowest BCUT2D eigenvalue weighted by Crippen LogP contribution is -2.06. The van der Waals surface area contributed by atoms with Gasteiger partial charge in [0, 0.05) is 11.1 Å². The largest absolute Gasteiger partial charge is 0.457 e. The van der Waals surface area contributed by atoms with Crippen molar-refractivity contribution in [2.45, 2.75) is 13.8 Å². The van der Waals surface area contributed by atoms with Gasteiger partial charge < -0.3 is 4.42 Å². The van der Waals surface area contributed by atoms with Gasteiger partial charge in [-0.1, -0.05) is 0 Å². The molecule has 2 rings (SSSR count). The molecule has 0 spiro atoms. The van der Waals surface area contributed by atoms with E-state index in [0.717, 1.165) is 0 Å². The molecule has 2 nitrogen and oxygen atoms in total. The molecule has 2 bridgehead atoms. The van der Waals surface area contributed by atoms with E-state index in [1.165, 1.54) is 0 Å². The van der Waals surface area contributed by atoms with Crippen molar-refractivity contribution in [1.82, 2.24) is 0 Å². The van der Waals surface area contributed by atoms with E-state index in [2.05, 4.69) is 0 Å². The fraction of sp³-hybridized carbons (Fsp3) is 0.222. The fourth-order valence-electron chi connectivity index (χ4n) is 1.25. The van der Waals surface area contributed by atoms with Crippen molar-refractivity contribution in [3.05, 3.63) is 33.5 Å². The summed E-state index contributed by atoms with van der Waals surface area (Å²) >= 11 is 0. The highest BCUT2D eigenvalue weighted by Crippen LogP contribution is 2.16. The first-order valence-corrected chi connectivity index (χ1v) is 3.52. The predicted molar refractivity (Wildman–Crippen MR) is 43.1 cm³/mol. The molecule has 0 fully saturated rings. The fourth-order valence-corrected chi connectivity index (χ4v) is 1.25. The summed E-state index contributed by atoms with van der Waals surface area (Å²) in [7, 11) is 0. The van der Waals surface area contributed by atoms with Crippen LogP contribution >= 0.6 is 0 Å². The minimum atomic E-state index is 0.103. The summed E-state index contributed by atoms with van der Waals surface area (Å²) in [5.41, 5.74) is 2.93. The molecule has 0 saturated carbocycles.